The Bertz CT molecular complexity index is 623. The second kappa shape index (κ2) is 7.32. The summed E-state index contributed by atoms with van der Waals surface area (Å²) in [4.78, 5) is 11.1. The smallest absolute Gasteiger partial charge is 0.308 e. The Morgan fingerprint density at radius 1 is 1.40 bits per heavy atom. The standard InChI is InChI=1S/C14H11BrN2O3/c1-3-19-13-6-10(4-11(7-16)8-17)5-12(15)14(13)20-9(2)18/h4-6H,3H2,1-2H3. The molecule has 0 N–H and O–H groups in total. The molecule has 0 atom stereocenters. The van der Waals surface area contributed by atoms with Crippen molar-refractivity contribution >= 4 is 28.0 Å². The van der Waals surface area contributed by atoms with Gasteiger partial charge in [-0.2, -0.15) is 10.5 Å². The van der Waals surface area contributed by atoms with Crippen LogP contribution in [0.15, 0.2) is 22.2 Å². The van der Waals surface area contributed by atoms with E-state index in [1.54, 1.807) is 31.2 Å². The minimum atomic E-state index is -0.468. The second-order valence-electron chi connectivity index (χ2n) is 3.64. The van der Waals surface area contributed by atoms with Crippen LogP contribution in [0.4, 0.5) is 0 Å². The van der Waals surface area contributed by atoms with E-state index in [0.717, 1.165) is 0 Å². The first-order valence-electron chi connectivity index (χ1n) is 5.68. The van der Waals surface area contributed by atoms with Gasteiger partial charge in [0.05, 0.1) is 11.1 Å². The number of nitrogens with zero attached hydrogens (tertiary/aromatic N) is 2. The number of hydrogen-bond acceptors (Lipinski definition) is 5. The Morgan fingerprint density at radius 2 is 2.05 bits per heavy atom. The lowest BCUT2D eigenvalue weighted by atomic mass is 10.1. The first-order valence-corrected chi connectivity index (χ1v) is 6.47. The van der Waals surface area contributed by atoms with Crippen molar-refractivity contribution in [2.24, 2.45) is 0 Å². The molecule has 0 aromatic heterocycles. The number of carbonyl (C=O) groups is 1. The fraction of sp³-hybridized carbons (Fsp3) is 0.214. The minimum Gasteiger partial charge on any atom is -0.490 e. The molecule has 1 rings (SSSR count). The van der Waals surface area contributed by atoms with Gasteiger partial charge in [0, 0.05) is 6.92 Å². The van der Waals surface area contributed by atoms with Crippen LogP contribution in [0.3, 0.4) is 0 Å². The van der Waals surface area contributed by atoms with Crippen LogP contribution >= 0.6 is 15.9 Å². The lowest BCUT2D eigenvalue weighted by Gasteiger charge is -2.12. The van der Waals surface area contributed by atoms with Crippen molar-refractivity contribution in [2.45, 2.75) is 13.8 Å². The van der Waals surface area contributed by atoms with Gasteiger partial charge < -0.3 is 9.47 Å². The average molecular weight is 335 g/mol. The molecule has 0 bridgehead atoms. The van der Waals surface area contributed by atoms with Crippen molar-refractivity contribution in [1.29, 1.82) is 10.5 Å². The Hall–Kier alpha value is -2.31. The molecular weight excluding hydrogens is 324 g/mol. The molecule has 5 nitrogen and oxygen atoms in total. The Balaban J connectivity index is 3.34. The zero-order valence-corrected chi connectivity index (χ0v) is 12.5. The quantitative estimate of drug-likeness (QED) is 0.479. The van der Waals surface area contributed by atoms with E-state index >= 15 is 0 Å². The SMILES string of the molecule is CCOc1cc(C=C(C#N)C#N)cc(Br)c1OC(C)=O. The van der Waals surface area contributed by atoms with Crippen LogP contribution in [0.2, 0.25) is 0 Å². The van der Waals surface area contributed by atoms with Crippen LogP contribution in [0, 0.1) is 22.7 Å². The van der Waals surface area contributed by atoms with E-state index in [9.17, 15) is 4.79 Å². The van der Waals surface area contributed by atoms with Crippen molar-refractivity contribution < 1.29 is 14.3 Å². The van der Waals surface area contributed by atoms with Gasteiger partial charge in [0.2, 0.25) is 0 Å². The van der Waals surface area contributed by atoms with Gasteiger partial charge in [-0.15, -0.1) is 0 Å². The number of esters is 1. The monoisotopic (exact) mass is 334 g/mol. The number of carbonyl (C=O) groups excluding carboxylic acids is 1. The van der Waals surface area contributed by atoms with E-state index in [0.29, 0.717) is 22.4 Å². The third-order valence-electron chi connectivity index (χ3n) is 2.13. The van der Waals surface area contributed by atoms with Gasteiger partial charge in [-0.05, 0) is 46.6 Å². The van der Waals surface area contributed by atoms with Crippen LogP contribution in [-0.2, 0) is 4.79 Å². The summed E-state index contributed by atoms with van der Waals surface area (Å²) in [6.07, 6.45) is 1.42. The van der Waals surface area contributed by atoms with E-state index in [1.165, 1.54) is 13.0 Å². The summed E-state index contributed by atoms with van der Waals surface area (Å²) in [6.45, 7) is 3.47. The summed E-state index contributed by atoms with van der Waals surface area (Å²) < 4.78 is 11.0. The van der Waals surface area contributed by atoms with Crippen LogP contribution < -0.4 is 9.47 Å². The molecule has 0 aliphatic heterocycles. The first-order chi connectivity index (χ1) is 9.51. The summed E-state index contributed by atoms with van der Waals surface area (Å²) in [6, 6.07) is 6.79. The highest BCUT2D eigenvalue weighted by Gasteiger charge is 2.14. The maximum Gasteiger partial charge on any atom is 0.308 e. The lowest BCUT2D eigenvalue weighted by molar-refractivity contribution is -0.132. The minimum absolute atomic E-state index is 0.0282. The van der Waals surface area contributed by atoms with Crippen molar-refractivity contribution in [3.63, 3.8) is 0 Å². The number of nitriles is 2. The molecule has 102 valence electrons. The first kappa shape index (κ1) is 15.7. The summed E-state index contributed by atoms with van der Waals surface area (Å²) in [5, 5.41) is 17.5. The maximum absolute atomic E-state index is 11.1. The van der Waals surface area contributed by atoms with E-state index in [1.807, 2.05) is 0 Å². The highest BCUT2D eigenvalue weighted by Crippen LogP contribution is 2.37. The van der Waals surface area contributed by atoms with Crippen LogP contribution in [0.5, 0.6) is 11.5 Å². The molecule has 0 saturated carbocycles. The number of allylic oxidation sites excluding steroid dienone is 1. The Labute approximate surface area is 125 Å². The Kier molecular flexibility index (Phi) is 5.76. The zero-order valence-electron chi connectivity index (χ0n) is 10.9. The number of rotatable bonds is 4. The van der Waals surface area contributed by atoms with Crippen molar-refractivity contribution in [3.8, 4) is 23.6 Å². The summed E-state index contributed by atoms with van der Waals surface area (Å²) in [5.74, 6) is 0.162. The van der Waals surface area contributed by atoms with Crippen molar-refractivity contribution in [2.75, 3.05) is 6.61 Å². The van der Waals surface area contributed by atoms with E-state index in [4.69, 9.17) is 20.0 Å². The fourth-order valence-electron chi connectivity index (χ4n) is 1.43. The van der Waals surface area contributed by atoms with Crippen LogP contribution in [0.25, 0.3) is 6.08 Å². The topological polar surface area (TPSA) is 83.1 Å². The molecule has 0 fully saturated rings. The van der Waals surface area contributed by atoms with Gasteiger partial charge in [-0.3, -0.25) is 4.79 Å². The number of halogens is 1. The molecule has 0 heterocycles. The van der Waals surface area contributed by atoms with Gasteiger partial charge in [-0.1, -0.05) is 0 Å². The molecule has 1 aromatic rings. The number of ether oxygens (including phenoxy) is 2. The molecule has 0 spiro atoms. The molecule has 0 aliphatic rings. The molecule has 0 radical (unpaired) electrons. The number of hydrogen-bond donors (Lipinski definition) is 0. The van der Waals surface area contributed by atoms with E-state index < -0.39 is 5.97 Å². The molecule has 0 unspecified atom stereocenters. The summed E-state index contributed by atoms with van der Waals surface area (Å²) in [5.41, 5.74) is 0.564. The highest BCUT2D eigenvalue weighted by molar-refractivity contribution is 9.10. The second-order valence-corrected chi connectivity index (χ2v) is 4.49. The van der Waals surface area contributed by atoms with Gasteiger partial charge >= 0.3 is 5.97 Å². The third-order valence-corrected chi connectivity index (χ3v) is 2.72. The predicted molar refractivity (Wildman–Crippen MR) is 75.8 cm³/mol. The average Bonchev–Trinajstić information content (AvgIpc) is 2.40. The zero-order chi connectivity index (χ0) is 15.1. The molecule has 20 heavy (non-hydrogen) atoms. The molecule has 1 aromatic carbocycles. The predicted octanol–water partition coefficient (Wildman–Crippen LogP) is 3.20. The molecular formula is C14H11BrN2O3. The Morgan fingerprint density at radius 3 is 2.55 bits per heavy atom. The maximum atomic E-state index is 11.1. The third kappa shape index (κ3) is 4.11. The summed E-state index contributed by atoms with van der Waals surface area (Å²) in [7, 11) is 0. The van der Waals surface area contributed by atoms with Crippen molar-refractivity contribution in [3.05, 3.63) is 27.7 Å². The van der Waals surface area contributed by atoms with Gasteiger partial charge in [0.25, 0.3) is 0 Å². The van der Waals surface area contributed by atoms with Crippen LogP contribution in [-0.4, -0.2) is 12.6 Å². The molecule has 0 aliphatic carbocycles. The van der Waals surface area contributed by atoms with Gasteiger partial charge in [0.1, 0.15) is 17.7 Å². The van der Waals surface area contributed by atoms with E-state index in [-0.39, 0.29) is 11.3 Å². The molecule has 0 amide bonds. The highest BCUT2D eigenvalue weighted by atomic mass is 79.9. The lowest BCUT2D eigenvalue weighted by Crippen LogP contribution is -2.05. The van der Waals surface area contributed by atoms with Crippen molar-refractivity contribution in [1.82, 2.24) is 0 Å². The summed E-state index contributed by atoms with van der Waals surface area (Å²) >= 11 is 3.28. The molecule has 0 saturated heterocycles. The van der Waals surface area contributed by atoms with E-state index in [2.05, 4.69) is 15.9 Å². The molecule has 6 heteroatoms. The van der Waals surface area contributed by atoms with Gasteiger partial charge in [0.15, 0.2) is 11.5 Å². The normalized spacial score (nSPS) is 9.05. The fourth-order valence-corrected chi connectivity index (χ4v) is 1.97. The van der Waals surface area contributed by atoms with Gasteiger partial charge in [-0.25, -0.2) is 0 Å². The van der Waals surface area contributed by atoms with Crippen LogP contribution in [0.1, 0.15) is 19.4 Å². The number of benzene rings is 1. The largest absolute Gasteiger partial charge is 0.490 e.